The number of aryl methyl sites for hydroxylation is 1. The van der Waals surface area contributed by atoms with Gasteiger partial charge in [-0.25, -0.2) is 9.48 Å². The van der Waals surface area contributed by atoms with Gasteiger partial charge < -0.3 is 10.5 Å². The van der Waals surface area contributed by atoms with Crippen molar-refractivity contribution >= 4 is 22.6 Å². The van der Waals surface area contributed by atoms with Crippen molar-refractivity contribution in [2.45, 2.75) is 20.1 Å². The maximum absolute atomic E-state index is 12.5. The number of hydrogen-bond acceptors (Lipinski definition) is 5. The number of esters is 1. The maximum atomic E-state index is 12.5. The Balaban J connectivity index is 1.87. The van der Waals surface area contributed by atoms with Crippen LogP contribution in [0.4, 0.5) is 0 Å². The van der Waals surface area contributed by atoms with Gasteiger partial charge in [0.15, 0.2) is 5.69 Å². The number of primary amides is 1. The molecule has 1 amide bonds. The van der Waals surface area contributed by atoms with Crippen molar-refractivity contribution in [2.75, 3.05) is 0 Å². The molecule has 3 aromatic rings. The van der Waals surface area contributed by atoms with E-state index in [9.17, 15) is 14.4 Å². The molecule has 1 heterocycles. The van der Waals surface area contributed by atoms with Crippen molar-refractivity contribution in [3.8, 4) is 0 Å². The van der Waals surface area contributed by atoms with Crippen LogP contribution in [-0.2, 0) is 17.9 Å². The summed E-state index contributed by atoms with van der Waals surface area (Å²) >= 11 is 0. The van der Waals surface area contributed by atoms with E-state index in [1.165, 1.54) is 4.68 Å². The van der Waals surface area contributed by atoms with Crippen LogP contribution in [0.1, 0.15) is 33.3 Å². The molecule has 132 valence electrons. The van der Waals surface area contributed by atoms with Crippen LogP contribution in [0.2, 0.25) is 0 Å². The van der Waals surface area contributed by atoms with E-state index in [-0.39, 0.29) is 17.9 Å². The third kappa shape index (κ3) is 3.32. The van der Waals surface area contributed by atoms with Crippen LogP contribution in [0.15, 0.2) is 53.3 Å². The predicted molar refractivity (Wildman–Crippen MR) is 95.8 cm³/mol. The molecule has 0 unspecified atom stereocenters. The van der Waals surface area contributed by atoms with Gasteiger partial charge in [0, 0.05) is 17.5 Å². The molecule has 0 saturated heterocycles. The van der Waals surface area contributed by atoms with Gasteiger partial charge in [0.05, 0.1) is 5.39 Å². The summed E-state index contributed by atoms with van der Waals surface area (Å²) < 4.78 is 6.57. The Labute approximate surface area is 149 Å². The third-order valence-electron chi connectivity index (χ3n) is 3.97. The third-order valence-corrected chi connectivity index (χ3v) is 3.97. The number of nitrogens with zero attached hydrogens (tertiary/aromatic N) is 2. The van der Waals surface area contributed by atoms with Crippen LogP contribution < -0.4 is 11.3 Å². The lowest BCUT2D eigenvalue weighted by Gasteiger charge is -2.10. The second-order valence-corrected chi connectivity index (χ2v) is 5.65. The van der Waals surface area contributed by atoms with E-state index in [0.29, 0.717) is 28.4 Å². The number of aromatic nitrogens is 2. The molecule has 0 fully saturated rings. The van der Waals surface area contributed by atoms with Crippen LogP contribution in [0.3, 0.4) is 0 Å². The van der Waals surface area contributed by atoms with Gasteiger partial charge in [-0.15, -0.1) is 0 Å². The zero-order chi connectivity index (χ0) is 18.7. The molecule has 0 aliphatic heterocycles. The second kappa shape index (κ2) is 7.18. The molecule has 0 spiro atoms. The van der Waals surface area contributed by atoms with Crippen LogP contribution in [0.25, 0.3) is 10.8 Å². The van der Waals surface area contributed by atoms with Crippen LogP contribution in [0.5, 0.6) is 0 Å². The summed E-state index contributed by atoms with van der Waals surface area (Å²) in [7, 11) is 0. The van der Waals surface area contributed by atoms with E-state index in [1.54, 1.807) is 55.5 Å². The minimum atomic E-state index is -0.623. The molecule has 0 radical (unpaired) electrons. The highest BCUT2D eigenvalue weighted by molar-refractivity contribution is 6.02. The first kappa shape index (κ1) is 17.3. The van der Waals surface area contributed by atoms with Gasteiger partial charge in [0.25, 0.3) is 5.56 Å². The van der Waals surface area contributed by atoms with Crippen molar-refractivity contribution in [1.82, 2.24) is 9.78 Å². The minimum absolute atomic E-state index is 0.0130. The Morgan fingerprint density at radius 2 is 1.73 bits per heavy atom. The molecular weight excluding hydrogens is 334 g/mol. The van der Waals surface area contributed by atoms with E-state index in [4.69, 9.17) is 10.5 Å². The highest BCUT2D eigenvalue weighted by Crippen LogP contribution is 2.15. The molecule has 3 rings (SSSR count). The fourth-order valence-electron chi connectivity index (χ4n) is 2.58. The first-order valence-electron chi connectivity index (χ1n) is 8.07. The van der Waals surface area contributed by atoms with Crippen LogP contribution in [-0.4, -0.2) is 21.7 Å². The van der Waals surface area contributed by atoms with Crippen LogP contribution in [0, 0.1) is 0 Å². The smallest absolute Gasteiger partial charge is 0.359 e. The highest BCUT2D eigenvalue weighted by atomic mass is 16.5. The summed E-state index contributed by atoms with van der Waals surface area (Å²) in [6.07, 6.45) is 0. The Bertz CT molecular complexity index is 1040. The lowest BCUT2D eigenvalue weighted by atomic mass is 10.1. The van der Waals surface area contributed by atoms with Crippen molar-refractivity contribution in [1.29, 1.82) is 0 Å². The second-order valence-electron chi connectivity index (χ2n) is 5.65. The van der Waals surface area contributed by atoms with Gasteiger partial charge >= 0.3 is 5.97 Å². The van der Waals surface area contributed by atoms with Gasteiger partial charge in [-0.2, -0.15) is 5.10 Å². The molecule has 2 aromatic carbocycles. The normalized spacial score (nSPS) is 10.7. The number of amides is 1. The topological polar surface area (TPSA) is 104 Å². The first-order valence-corrected chi connectivity index (χ1v) is 8.07. The van der Waals surface area contributed by atoms with Crippen molar-refractivity contribution in [2.24, 2.45) is 5.73 Å². The molecule has 1 aromatic heterocycles. The monoisotopic (exact) mass is 351 g/mol. The zero-order valence-electron chi connectivity index (χ0n) is 14.1. The Hall–Kier alpha value is -3.48. The molecule has 0 aliphatic rings. The lowest BCUT2D eigenvalue weighted by Crippen LogP contribution is -2.25. The number of nitrogens with two attached hydrogens (primary N) is 1. The van der Waals surface area contributed by atoms with E-state index in [0.717, 1.165) is 0 Å². The number of carbonyl (C=O) groups excluding carboxylic acids is 2. The van der Waals surface area contributed by atoms with E-state index < -0.39 is 11.9 Å². The number of fused-ring (bicyclic) bond motifs is 1. The Morgan fingerprint density at radius 3 is 2.35 bits per heavy atom. The molecule has 7 heteroatoms. The maximum Gasteiger partial charge on any atom is 0.359 e. The molecule has 0 saturated carbocycles. The average Bonchev–Trinajstić information content (AvgIpc) is 2.67. The fraction of sp³-hybridized carbons (Fsp3) is 0.158. The number of hydrogen-bond donors (Lipinski definition) is 1. The van der Waals surface area contributed by atoms with Crippen molar-refractivity contribution in [3.63, 3.8) is 0 Å². The molecule has 7 nitrogen and oxygen atoms in total. The Kier molecular flexibility index (Phi) is 4.79. The van der Waals surface area contributed by atoms with Gasteiger partial charge in [0.1, 0.15) is 6.61 Å². The largest absolute Gasteiger partial charge is 0.456 e. The summed E-state index contributed by atoms with van der Waals surface area (Å²) in [5.74, 6) is -1.14. The number of rotatable bonds is 5. The molecule has 0 bridgehead atoms. The lowest BCUT2D eigenvalue weighted by molar-refractivity contribution is 0.0465. The zero-order valence-corrected chi connectivity index (χ0v) is 14.1. The quantitative estimate of drug-likeness (QED) is 0.707. The summed E-state index contributed by atoms with van der Waals surface area (Å²) in [5, 5.41) is 5.01. The van der Waals surface area contributed by atoms with Gasteiger partial charge in [0.2, 0.25) is 5.91 Å². The number of ether oxygens (including phenoxy) is 1. The van der Waals surface area contributed by atoms with Crippen molar-refractivity contribution < 1.29 is 14.3 Å². The Morgan fingerprint density at radius 1 is 1.08 bits per heavy atom. The average molecular weight is 351 g/mol. The van der Waals surface area contributed by atoms with Gasteiger partial charge in [-0.05, 0) is 30.7 Å². The van der Waals surface area contributed by atoms with Crippen molar-refractivity contribution in [3.05, 3.63) is 75.7 Å². The van der Waals surface area contributed by atoms with Gasteiger partial charge in [-0.3, -0.25) is 9.59 Å². The van der Waals surface area contributed by atoms with Crippen LogP contribution >= 0.6 is 0 Å². The highest BCUT2D eigenvalue weighted by Gasteiger charge is 2.17. The first-order chi connectivity index (χ1) is 12.5. The molecule has 2 N–H and O–H groups in total. The fourth-order valence-corrected chi connectivity index (χ4v) is 2.58. The van der Waals surface area contributed by atoms with E-state index >= 15 is 0 Å². The standard InChI is InChI=1S/C19H17N3O4/c1-2-22-18(24)15-6-4-3-5-14(15)16(21-22)19(25)26-11-12-7-9-13(10-8-12)17(20)23/h3-10H,2,11H2,1H3,(H2,20,23). The predicted octanol–water partition coefficient (Wildman–Crippen LogP) is 1.87. The summed E-state index contributed by atoms with van der Waals surface area (Å²) in [5.41, 5.74) is 6.12. The summed E-state index contributed by atoms with van der Waals surface area (Å²) in [4.78, 5) is 35.9. The summed E-state index contributed by atoms with van der Waals surface area (Å²) in [6.45, 7) is 2.14. The minimum Gasteiger partial charge on any atom is -0.456 e. The number of benzene rings is 2. The van der Waals surface area contributed by atoms with E-state index in [1.807, 2.05) is 0 Å². The SMILES string of the molecule is CCn1nc(C(=O)OCc2ccc(C(N)=O)cc2)c2ccccc2c1=O. The molecular formula is C19H17N3O4. The van der Waals surface area contributed by atoms with Gasteiger partial charge in [-0.1, -0.05) is 30.3 Å². The molecule has 0 aliphatic carbocycles. The summed E-state index contributed by atoms with van der Waals surface area (Å²) in [6, 6.07) is 13.2. The number of carbonyl (C=O) groups is 2. The van der Waals surface area contributed by atoms with E-state index in [2.05, 4.69) is 5.10 Å². The molecule has 26 heavy (non-hydrogen) atoms. The molecule has 0 atom stereocenters.